The molecule has 0 radical (unpaired) electrons. The van der Waals surface area contributed by atoms with Gasteiger partial charge in [-0.3, -0.25) is 0 Å². The van der Waals surface area contributed by atoms with E-state index in [1.54, 1.807) is 0 Å². The van der Waals surface area contributed by atoms with Crippen LogP contribution in [-0.2, 0) is 14.0 Å². The number of hydrogen-bond donors (Lipinski definition) is 0. The number of hydrogen-bond acceptors (Lipinski definition) is 3. The second-order valence-corrected chi connectivity index (χ2v) is 19.9. The van der Waals surface area contributed by atoms with Crippen molar-refractivity contribution in [3.05, 3.63) is 12.7 Å². The molecule has 1 saturated heterocycles. The van der Waals surface area contributed by atoms with Gasteiger partial charge in [0.15, 0.2) is 0 Å². The zero-order chi connectivity index (χ0) is 13.1. The van der Waals surface area contributed by atoms with E-state index in [-0.39, 0.29) is 11.7 Å². The normalized spacial score (nSPS) is 29.4. The van der Waals surface area contributed by atoms with Crippen LogP contribution in [0.25, 0.3) is 0 Å². The van der Waals surface area contributed by atoms with Crippen molar-refractivity contribution in [3.8, 4) is 0 Å². The molecule has 1 heterocycles. The molecule has 0 spiro atoms. The van der Waals surface area contributed by atoms with Crippen molar-refractivity contribution in [2.45, 2.75) is 51.2 Å². The molecule has 0 aromatic rings. The van der Waals surface area contributed by atoms with Crippen LogP contribution in [0.3, 0.4) is 0 Å². The van der Waals surface area contributed by atoms with E-state index in [4.69, 9.17) is 9.16 Å². The zero-order valence-electron chi connectivity index (χ0n) is 11.4. The monoisotopic (exact) mass is 272 g/mol. The number of ether oxygens (including phenoxy) is 1. The molecule has 0 aliphatic carbocycles. The first kappa shape index (κ1) is 14.7. The highest BCUT2D eigenvalue weighted by Crippen LogP contribution is 2.35. The Balaban J connectivity index is 2.90. The van der Waals surface area contributed by atoms with Crippen LogP contribution in [0.4, 0.5) is 0 Å². The smallest absolute Gasteiger partial charge is 0.330 e. The molecule has 0 aromatic carbocycles. The third-order valence-electron chi connectivity index (χ3n) is 4.10. The Morgan fingerprint density at radius 3 is 2.65 bits per heavy atom. The molecule has 0 aromatic heterocycles. The Kier molecular flexibility index (Phi) is 4.74. The summed E-state index contributed by atoms with van der Waals surface area (Å²) < 4.78 is 11.7. The highest BCUT2D eigenvalue weighted by molar-refractivity contribution is 7.39. The van der Waals surface area contributed by atoms with E-state index < -0.39 is 15.4 Å². The largest absolute Gasteiger partial charge is 0.460 e. The van der Waals surface area contributed by atoms with Crippen molar-refractivity contribution < 1.29 is 14.0 Å². The summed E-state index contributed by atoms with van der Waals surface area (Å²) in [5, 5.41) is 0. The van der Waals surface area contributed by atoms with E-state index in [1.165, 1.54) is 12.1 Å². The van der Waals surface area contributed by atoms with E-state index >= 15 is 0 Å². The first-order valence-electron chi connectivity index (χ1n) is 6.34. The molecule has 17 heavy (non-hydrogen) atoms. The predicted molar refractivity (Wildman–Crippen MR) is 74.8 cm³/mol. The lowest BCUT2D eigenvalue weighted by Crippen LogP contribution is -2.69. The molecule has 1 fully saturated rings. The number of rotatable bonds is 4. The zero-order valence-corrected chi connectivity index (χ0v) is 13.4. The lowest BCUT2D eigenvalue weighted by molar-refractivity contribution is -0.140. The maximum atomic E-state index is 11.4. The van der Waals surface area contributed by atoms with Gasteiger partial charge < -0.3 is 9.16 Å². The Morgan fingerprint density at radius 1 is 1.53 bits per heavy atom. The second kappa shape index (κ2) is 5.50. The first-order valence-corrected chi connectivity index (χ1v) is 13.0. The van der Waals surface area contributed by atoms with Crippen LogP contribution in [0.1, 0.15) is 19.8 Å². The van der Waals surface area contributed by atoms with Crippen LogP contribution in [-0.4, -0.2) is 33.7 Å². The topological polar surface area (TPSA) is 35.5 Å². The van der Waals surface area contributed by atoms with Crippen molar-refractivity contribution in [2.24, 2.45) is 0 Å². The average molecular weight is 272 g/mol. The SMILES string of the molecule is C=CC(=O)OC(CC)[Si]1(C)OCCC[Si]1(C)C. The van der Waals surface area contributed by atoms with E-state index in [0.717, 1.165) is 19.4 Å². The van der Waals surface area contributed by atoms with Crippen LogP contribution < -0.4 is 0 Å². The van der Waals surface area contributed by atoms with Crippen LogP contribution in [0.2, 0.25) is 25.7 Å². The van der Waals surface area contributed by atoms with Crippen LogP contribution in [0.15, 0.2) is 12.7 Å². The van der Waals surface area contributed by atoms with Crippen LogP contribution in [0, 0.1) is 0 Å². The van der Waals surface area contributed by atoms with E-state index in [9.17, 15) is 4.79 Å². The fourth-order valence-electron chi connectivity index (χ4n) is 2.54. The van der Waals surface area contributed by atoms with Gasteiger partial charge in [-0.15, -0.1) is 0 Å². The summed E-state index contributed by atoms with van der Waals surface area (Å²) in [4.78, 5) is 11.4. The maximum Gasteiger partial charge on any atom is 0.330 e. The van der Waals surface area contributed by atoms with Gasteiger partial charge in [0.25, 0.3) is 0 Å². The Morgan fingerprint density at radius 2 is 2.18 bits per heavy atom. The predicted octanol–water partition coefficient (Wildman–Crippen LogP) is 2.82. The van der Waals surface area contributed by atoms with Crippen molar-refractivity contribution in [1.29, 1.82) is 0 Å². The molecular formula is C12H24O3Si2. The number of carbonyl (C=O) groups excluding carboxylic acids is 1. The molecule has 1 aliphatic rings. The minimum absolute atomic E-state index is 0.0185. The van der Waals surface area contributed by atoms with Gasteiger partial charge in [0, 0.05) is 12.7 Å². The van der Waals surface area contributed by atoms with Gasteiger partial charge in [-0.1, -0.05) is 32.6 Å². The molecule has 3 nitrogen and oxygen atoms in total. The molecule has 2 unspecified atom stereocenters. The molecule has 1 rings (SSSR count). The lowest BCUT2D eigenvalue weighted by atomic mass is 10.5. The highest BCUT2D eigenvalue weighted by atomic mass is 29.3. The fraction of sp³-hybridized carbons (Fsp3) is 0.750. The van der Waals surface area contributed by atoms with E-state index in [0.29, 0.717) is 0 Å². The minimum atomic E-state index is -1.92. The van der Waals surface area contributed by atoms with Crippen molar-refractivity contribution >= 4 is 21.4 Å². The molecule has 0 saturated carbocycles. The molecule has 0 N–H and O–H groups in total. The molecule has 0 amide bonds. The standard InChI is InChI=1S/C12H24O3Si2/c1-6-11(13)15-12(7-2)17(5)14-9-8-10-16(17,3)4/h6,12H,1,7-10H2,2-5H3. The average Bonchev–Trinajstić information content (AvgIpc) is 2.29. The lowest BCUT2D eigenvalue weighted by Gasteiger charge is -2.47. The summed E-state index contributed by atoms with van der Waals surface area (Å²) in [6.45, 7) is 13.4. The van der Waals surface area contributed by atoms with Gasteiger partial charge in [-0.25, -0.2) is 4.79 Å². The minimum Gasteiger partial charge on any atom is -0.460 e. The number of esters is 1. The molecule has 2 atom stereocenters. The van der Waals surface area contributed by atoms with Crippen molar-refractivity contribution in [1.82, 2.24) is 0 Å². The highest BCUT2D eigenvalue weighted by Gasteiger charge is 2.55. The first-order chi connectivity index (χ1) is 7.87. The van der Waals surface area contributed by atoms with Crippen molar-refractivity contribution in [3.63, 3.8) is 0 Å². The summed E-state index contributed by atoms with van der Waals surface area (Å²) >= 11 is 0. The van der Waals surface area contributed by atoms with Crippen LogP contribution >= 0.6 is 0 Å². The van der Waals surface area contributed by atoms with Gasteiger partial charge in [0.1, 0.15) is 5.73 Å². The van der Waals surface area contributed by atoms with Gasteiger partial charge in [0.2, 0.25) is 7.83 Å². The number of carbonyl (C=O) groups is 1. The summed E-state index contributed by atoms with van der Waals surface area (Å²) in [5.41, 5.74) is -0.0185. The molecule has 0 bridgehead atoms. The van der Waals surface area contributed by atoms with Gasteiger partial charge in [-0.05, 0) is 19.4 Å². The van der Waals surface area contributed by atoms with Gasteiger partial charge in [0.05, 0.1) is 7.59 Å². The summed E-state index contributed by atoms with van der Waals surface area (Å²) in [7, 11) is -3.33. The molecule has 1 aliphatic heterocycles. The fourth-order valence-corrected chi connectivity index (χ4v) is 14.1. The summed E-state index contributed by atoms with van der Waals surface area (Å²) in [6.07, 6.45) is 3.25. The second-order valence-electron chi connectivity index (χ2n) is 5.48. The van der Waals surface area contributed by atoms with Gasteiger partial charge in [-0.2, -0.15) is 0 Å². The maximum absolute atomic E-state index is 11.4. The summed E-state index contributed by atoms with van der Waals surface area (Å²) in [5.74, 6) is -0.315. The van der Waals surface area contributed by atoms with Crippen LogP contribution in [0.5, 0.6) is 0 Å². The molecular weight excluding hydrogens is 248 g/mol. The Bertz CT molecular complexity index is 304. The molecule has 98 valence electrons. The third-order valence-corrected chi connectivity index (χ3v) is 21.2. The quantitative estimate of drug-likeness (QED) is 0.448. The van der Waals surface area contributed by atoms with E-state index in [2.05, 4.69) is 33.1 Å². The van der Waals surface area contributed by atoms with E-state index in [1.807, 2.05) is 0 Å². The third kappa shape index (κ3) is 2.89. The Labute approximate surface area is 106 Å². The van der Waals surface area contributed by atoms with Gasteiger partial charge >= 0.3 is 5.97 Å². The summed E-state index contributed by atoms with van der Waals surface area (Å²) in [6, 6.07) is 1.29. The molecule has 5 heteroatoms. The van der Waals surface area contributed by atoms with Crippen molar-refractivity contribution in [2.75, 3.05) is 6.61 Å². The Hall–Kier alpha value is -0.396.